The molecule has 18 aromatic carbocycles. The Bertz CT molecular complexity index is 7350. The summed E-state index contributed by atoms with van der Waals surface area (Å²) in [6.45, 7) is 0. The molecule has 0 unspecified atom stereocenters. The highest BCUT2D eigenvalue weighted by Crippen LogP contribution is 2.45. The Morgan fingerprint density at radius 2 is 0.298 bits per heavy atom. The van der Waals surface area contributed by atoms with Crippen molar-refractivity contribution >= 4 is 121 Å². The van der Waals surface area contributed by atoms with Gasteiger partial charge in [0.15, 0.2) is 0 Å². The largest absolute Gasteiger partial charge is 0.311 e. The fourth-order valence-corrected chi connectivity index (χ4v) is 18.8. The van der Waals surface area contributed by atoms with Gasteiger partial charge in [0.05, 0.1) is 66.9 Å². The first-order chi connectivity index (χ1) is 61.5. The van der Waals surface area contributed by atoms with Gasteiger partial charge < -0.3 is 37.2 Å². The minimum atomic E-state index is 1.09. The van der Waals surface area contributed by atoms with Crippen LogP contribution in [-0.4, -0.2) is 27.4 Å². The average molecular weight is 1590 g/mol. The van der Waals surface area contributed by atoms with Crippen molar-refractivity contribution in [2.75, 3.05) is 9.80 Å². The molecule has 8 nitrogen and oxygen atoms in total. The van der Waals surface area contributed by atoms with Crippen molar-refractivity contribution in [1.29, 1.82) is 0 Å². The molecule has 24 aromatic rings. The van der Waals surface area contributed by atoms with Crippen LogP contribution in [0.25, 0.3) is 166 Å². The fourth-order valence-electron chi connectivity index (χ4n) is 18.8. The number of hydrogen-bond donors (Lipinski definition) is 0. The number of nitrogens with zero attached hydrogens (tertiary/aromatic N) is 8. The van der Waals surface area contributed by atoms with Crippen LogP contribution >= 0.6 is 0 Å². The third-order valence-corrected chi connectivity index (χ3v) is 24.4. The average Bonchev–Trinajstić information content (AvgIpc) is 1.58. The van der Waals surface area contributed by atoms with E-state index in [0.29, 0.717) is 0 Å². The van der Waals surface area contributed by atoms with Crippen molar-refractivity contribution in [3.63, 3.8) is 0 Å². The summed E-state index contributed by atoms with van der Waals surface area (Å²) in [4.78, 5) is 4.61. The first-order valence-electron chi connectivity index (χ1n) is 42.4. The van der Waals surface area contributed by atoms with Crippen molar-refractivity contribution in [1.82, 2.24) is 27.4 Å². The summed E-state index contributed by atoms with van der Waals surface area (Å²) in [5.41, 5.74) is 32.1. The third-order valence-electron chi connectivity index (χ3n) is 24.4. The molecule has 0 atom stereocenters. The molecule has 6 heterocycles. The lowest BCUT2D eigenvalue weighted by Crippen LogP contribution is -2.09. The number of para-hydroxylation sites is 8. The minimum absolute atomic E-state index is 1.09. The summed E-state index contributed by atoms with van der Waals surface area (Å²) in [5.74, 6) is 0. The Morgan fingerprint density at radius 3 is 0.516 bits per heavy atom. The van der Waals surface area contributed by atoms with Gasteiger partial charge in [0.1, 0.15) is 0 Å². The molecule has 24 rings (SSSR count). The normalized spacial score (nSPS) is 11.5. The molecular weight excluding hydrogens is 1510 g/mol. The molecule has 584 valence electrons. The summed E-state index contributed by atoms with van der Waals surface area (Å²) >= 11 is 0. The van der Waals surface area contributed by atoms with Crippen LogP contribution in [-0.2, 0) is 0 Å². The van der Waals surface area contributed by atoms with Gasteiger partial charge in [-0.25, -0.2) is 0 Å². The van der Waals surface area contributed by atoms with Crippen LogP contribution in [0.15, 0.2) is 485 Å². The second-order valence-corrected chi connectivity index (χ2v) is 31.7. The van der Waals surface area contributed by atoms with E-state index < -0.39 is 0 Å². The number of rotatable bonds is 16. The number of hydrogen-bond acceptors (Lipinski definition) is 2. The van der Waals surface area contributed by atoms with Gasteiger partial charge in [0, 0.05) is 111 Å². The summed E-state index contributed by atoms with van der Waals surface area (Å²) in [7, 11) is 0. The molecule has 0 amide bonds. The predicted molar refractivity (Wildman–Crippen MR) is 520 cm³/mol. The number of fused-ring (bicyclic) bond motifs is 10. The van der Waals surface area contributed by atoms with Gasteiger partial charge in [-0.15, -0.1) is 0 Å². The molecule has 0 bridgehead atoms. The van der Waals surface area contributed by atoms with Crippen molar-refractivity contribution in [2.24, 2.45) is 0 Å². The Balaban J connectivity index is 0.000000143. The minimum Gasteiger partial charge on any atom is -0.311 e. The van der Waals surface area contributed by atoms with Crippen LogP contribution in [0.4, 0.5) is 34.1 Å². The maximum Gasteiger partial charge on any atom is 0.0542 e. The smallest absolute Gasteiger partial charge is 0.0542 e. The van der Waals surface area contributed by atoms with Crippen molar-refractivity contribution < 1.29 is 0 Å². The van der Waals surface area contributed by atoms with E-state index in [2.05, 4.69) is 523 Å². The molecule has 0 N–H and O–H groups in total. The molecule has 0 fully saturated rings. The molecule has 0 radical (unpaired) electrons. The molecular formula is C116H80N8. The van der Waals surface area contributed by atoms with Crippen LogP contribution in [0.1, 0.15) is 0 Å². The highest BCUT2D eigenvalue weighted by molar-refractivity contribution is 6.11. The van der Waals surface area contributed by atoms with E-state index in [1.165, 1.54) is 87.3 Å². The number of benzene rings is 18. The Hall–Kier alpha value is -16.7. The van der Waals surface area contributed by atoms with Crippen LogP contribution in [0.3, 0.4) is 0 Å². The Morgan fingerprint density at radius 1 is 0.129 bits per heavy atom. The maximum atomic E-state index is 2.43. The van der Waals surface area contributed by atoms with Gasteiger partial charge in [-0.2, -0.15) is 0 Å². The molecule has 0 saturated heterocycles. The lowest BCUT2D eigenvalue weighted by atomic mass is 10.1. The molecule has 0 aliphatic carbocycles. The van der Waals surface area contributed by atoms with Crippen molar-refractivity contribution in [2.45, 2.75) is 0 Å². The van der Waals surface area contributed by atoms with Gasteiger partial charge in [0.2, 0.25) is 0 Å². The van der Waals surface area contributed by atoms with E-state index in [1.807, 2.05) is 0 Å². The molecule has 124 heavy (non-hydrogen) atoms. The van der Waals surface area contributed by atoms with Crippen LogP contribution < -0.4 is 9.80 Å². The van der Waals surface area contributed by atoms with E-state index in [4.69, 9.17) is 0 Å². The number of aromatic nitrogens is 6. The predicted octanol–water partition coefficient (Wildman–Crippen LogP) is 31.0. The van der Waals surface area contributed by atoms with E-state index in [-0.39, 0.29) is 0 Å². The van der Waals surface area contributed by atoms with Crippen LogP contribution in [0, 0.1) is 0 Å². The van der Waals surface area contributed by atoms with Crippen molar-refractivity contribution in [3.8, 4) is 79.2 Å². The van der Waals surface area contributed by atoms with Gasteiger partial charge in [-0.1, -0.05) is 267 Å². The van der Waals surface area contributed by atoms with Gasteiger partial charge >= 0.3 is 0 Å². The summed E-state index contributed by atoms with van der Waals surface area (Å²) < 4.78 is 14.5. The van der Waals surface area contributed by atoms with E-state index in [9.17, 15) is 0 Å². The maximum absolute atomic E-state index is 2.43. The quantitative estimate of drug-likeness (QED) is 0.0967. The fraction of sp³-hybridized carbons (Fsp3) is 0. The Kier molecular flexibility index (Phi) is 18.1. The van der Waals surface area contributed by atoms with Gasteiger partial charge in [-0.05, 0) is 241 Å². The standard InChI is InChI=1S/C58H38N4.C58H42N4/c1-3-15-39(16-4-1)55-35-41-37-58-42(38-57(41)61(55)45-31-27-43(28-32-45)59-51-23-11-7-19-47(51)48-20-8-12-24-52(48)59)36-56(40-17-5-2-6-18-40)62(58)46-33-29-44(30-34-46)60-53-25-13-9-21-49(53)50-22-10-14-26-54(50)60;1-7-19-43(20-8-1)55-39-45-41-58-46(42-57(45)61(55)53-35-31-51(32-36-53)59(47-23-11-3-12-24-47)48-25-13-4-14-26-48)40-56(44-21-9-2-10-22-44)62(58)54-37-33-52(34-38-54)60(49-27-15-5-16-28-49)50-29-17-6-18-30-50/h1-38H;1-42H. The lowest BCUT2D eigenvalue weighted by Gasteiger charge is -2.25. The van der Waals surface area contributed by atoms with Crippen LogP contribution in [0.2, 0.25) is 0 Å². The first-order valence-corrected chi connectivity index (χ1v) is 42.4. The highest BCUT2D eigenvalue weighted by atomic mass is 15.2. The molecule has 0 aliphatic rings. The van der Waals surface area contributed by atoms with Gasteiger partial charge in [-0.3, -0.25) is 0 Å². The van der Waals surface area contributed by atoms with E-state index in [1.54, 1.807) is 0 Å². The molecule has 0 saturated carbocycles. The monoisotopic (exact) mass is 1580 g/mol. The highest BCUT2D eigenvalue weighted by Gasteiger charge is 2.25. The SMILES string of the molecule is c1ccc(-c2cc3cc4c(cc(-c5ccccc5)n4-c4ccc(-n5c6ccccc6c6ccccc65)cc4)cc3n2-c2ccc(-n3c4ccccc4c4ccccc43)cc2)cc1.c1ccc(-c2cc3cc4c(cc(-c5ccccc5)n4-c4ccc(N(c5ccccc5)c5ccccc5)cc4)cc3n2-c2ccc(N(c3ccccc3)c3ccccc3)cc2)cc1. The zero-order chi connectivity index (χ0) is 82.0. The molecule has 0 aliphatic heterocycles. The topological polar surface area (TPSA) is 36.1 Å². The van der Waals surface area contributed by atoms with Gasteiger partial charge in [0.25, 0.3) is 0 Å². The van der Waals surface area contributed by atoms with Crippen LogP contribution in [0.5, 0.6) is 0 Å². The summed E-state index contributed by atoms with van der Waals surface area (Å²) in [6, 6.07) is 175. The van der Waals surface area contributed by atoms with E-state index >= 15 is 0 Å². The van der Waals surface area contributed by atoms with E-state index in [0.717, 1.165) is 113 Å². The zero-order valence-corrected chi connectivity index (χ0v) is 67.8. The molecule has 8 heteroatoms. The zero-order valence-electron chi connectivity index (χ0n) is 67.8. The summed E-state index contributed by atoms with van der Waals surface area (Å²) in [5, 5.41) is 9.77. The van der Waals surface area contributed by atoms with Crippen molar-refractivity contribution in [3.05, 3.63) is 485 Å². The second kappa shape index (κ2) is 30.9. The lowest BCUT2D eigenvalue weighted by molar-refractivity contribution is 1.11. The third kappa shape index (κ3) is 12.8. The summed E-state index contributed by atoms with van der Waals surface area (Å²) in [6.07, 6.45) is 0. The molecule has 6 aromatic heterocycles. The number of anilines is 6. The first kappa shape index (κ1) is 72.5. The Labute approximate surface area is 718 Å². The molecule has 0 spiro atoms. The second-order valence-electron chi connectivity index (χ2n) is 31.7.